The molecule has 0 saturated carbocycles. The zero-order valence-electron chi connectivity index (χ0n) is 18.1. The number of cyclic esters (lactones) is 1. The number of ether oxygens (including phenoxy) is 1. The van der Waals surface area contributed by atoms with E-state index in [0.29, 0.717) is 6.42 Å². The number of ketones is 1. The molecule has 160 valence electrons. The molecular formula is C23H33NO4S. The second-order valence-electron chi connectivity index (χ2n) is 8.20. The number of allylic oxidation sites excluding steroid dienone is 1. The van der Waals surface area contributed by atoms with E-state index in [2.05, 4.69) is 18.0 Å². The van der Waals surface area contributed by atoms with Crippen LogP contribution in [-0.4, -0.2) is 34.1 Å². The van der Waals surface area contributed by atoms with Crippen molar-refractivity contribution >= 4 is 29.2 Å². The highest BCUT2D eigenvalue weighted by atomic mass is 32.1. The van der Waals surface area contributed by atoms with E-state index in [1.807, 2.05) is 32.2 Å². The molecule has 1 aliphatic rings. The zero-order valence-corrected chi connectivity index (χ0v) is 18.9. The number of aliphatic hydroxyl groups excluding tert-OH is 1. The lowest BCUT2D eigenvalue weighted by Gasteiger charge is -2.23. The van der Waals surface area contributed by atoms with E-state index in [1.54, 1.807) is 18.3 Å². The number of carbonyl (C=O) groups excluding carboxylic acids is 2. The molecule has 6 heteroatoms. The predicted octanol–water partition coefficient (Wildman–Crippen LogP) is 4.88. The molecule has 2 rings (SSSR count). The Hall–Kier alpha value is -1.79. The third-order valence-electron chi connectivity index (χ3n) is 5.57. The maximum absolute atomic E-state index is 12.5. The highest BCUT2D eigenvalue weighted by molar-refractivity contribution is 7.09. The quantitative estimate of drug-likeness (QED) is 0.546. The van der Waals surface area contributed by atoms with Crippen molar-refractivity contribution in [2.24, 2.45) is 11.8 Å². The fraction of sp³-hybridized carbons (Fsp3) is 0.609. The van der Waals surface area contributed by atoms with Gasteiger partial charge in [0, 0.05) is 23.6 Å². The fourth-order valence-electron chi connectivity index (χ4n) is 3.53. The van der Waals surface area contributed by atoms with Gasteiger partial charge in [0.25, 0.3) is 0 Å². The van der Waals surface area contributed by atoms with E-state index in [-0.39, 0.29) is 18.1 Å². The molecule has 1 N–H and O–H groups in total. The van der Waals surface area contributed by atoms with Crippen molar-refractivity contribution in [2.75, 3.05) is 0 Å². The molecule has 0 spiro atoms. The van der Waals surface area contributed by atoms with Crippen LogP contribution in [0.2, 0.25) is 0 Å². The third kappa shape index (κ3) is 7.19. The van der Waals surface area contributed by atoms with Gasteiger partial charge in [0.1, 0.15) is 11.9 Å². The van der Waals surface area contributed by atoms with Crippen LogP contribution in [0, 0.1) is 18.8 Å². The van der Waals surface area contributed by atoms with Gasteiger partial charge in [0.15, 0.2) is 0 Å². The average Bonchev–Trinajstić information content (AvgIpc) is 3.07. The van der Waals surface area contributed by atoms with E-state index in [4.69, 9.17) is 4.74 Å². The van der Waals surface area contributed by atoms with Crippen LogP contribution in [0.3, 0.4) is 0 Å². The second kappa shape index (κ2) is 10.8. The summed E-state index contributed by atoms with van der Waals surface area (Å²) in [6.07, 6.45) is 5.64. The summed E-state index contributed by atoms with van der Waals surface area (Å²) < 4.78 is 5.72. The van der Waals surface area contributed by atoms with Gasteiger partial charge in [-0.15, -0.1) is 11.3 Å². The molecule has 0 fully saturated rings. The van der Waals surface area contributed by atoms with Crippen LogP contribution in [0.15, 0.2) is 22.6 Å². The second-order valence-corrected chi connectivity index (χ2v) is 9.26. The zero-order chi connectivity index (χ0) is 21.6. The van der Waals surface area contributed by atoms with Gasteiger partial charge in [-0.2, -0.15) is 0 Å². The van der Waals surface area contributed by atoms with Gasteiger partial charge in [-0.05, 0) is 51.7 Å². The minimum Gasteiger partial charge on any atom is -0.457 e. The minimum absolute atomic E-state index is 0.00974. The Morgan fingerprint density at radius 1 is 1.31 bits per heavy atom. The van der Waals surface area contributed by atoms with E-state index < -0.39 is 24.1 Å². The molecule has 5 nitrogen and oxygen atoms in total. The number of rotatable bonds is 2. The summed E-state index contributed by atoms with van der Waals surface area (Å²) in [6, 6.07) is 0. The van der Waals surface area contributed by atoms with Gasteiger partial charge in [-0.1, -0.05) is 25.5 Å². The van der Waals surface area contributed by atoms with Gasteiger partial charge >= 0.3 is 5.97 Å². The Bertz CT molecular complexity index is 780. The van der Waals surface area contributed by atoms with Crippen LogP contribution in [0.5, 0.6) is 0 Å². The molecule has 0 aliphatic carbocycles. The van der Waals surface area contributed by atoms with Crippen molar-refractivity contribution in [1.29, 1.82) is 0 Å². The van der Waals surface area contributed by atoms with Crippen LogP contribution < -0.4 is 0 Å². The largest absolute Gasteiger partial charge is 0.457 e. The first-order valence-electron chi connectivity index (χ1n) is 10.3. The third-order valence-corrected chi connectivity index (χ3v) is 6.36. The van der Waals surface area contributed by atoms with Crippen molar-refractivity contribution in [2.45, 2.75) is 78.9 Å². The minimum atomic E-state index is -1.02. The van der Waals surface area contributed by atoms with Crippen molar-refractivity contribution in [3.05, 3.63) is 33.3 Å². The predicted molar refractivity (Wildman–Crippen MR) is 117 cm³/mol. The maximum Gasteiger partial charge on any atom is 0.309 e. The maximum atomic E-state index is 12.5. The van der Waals surface area contributed by atoms with Crippen molar-refractivity contribution < 1.29 is 19.4 Å². The van der Waals surface area contributed by atoms with Gasteiger partial charge in [0.05, 0.1) is 23.2 Å². The number of esters is 1. The standard InChI is InChI=1S/C23H33NO4S/c1-14-7-6-8-15(2)23(27)17(4)20(25)12-22(26)28-21(10-9-14)16(3)11-19-13-29-18(5)24-19/h9,11,13,15,17,20-21,25H,6-8,10,12H2,1-5H3/b14-9+,16-11-/t15-,17-,20+,21+/m1/s1. The van der Waals surface area contributed by atoms with Crippen LogP contribution in [0.25, 0.3) is 6.08 Å². The molecule has 0 saturated heterocycles. The Labute approximate surface area is 177 Å². The van der Waals surface area contributed by atoms with E-state index in [0.717, 1.165) is 35.5 Å². The topological polar surface area (TPSA) is 76.5 Å². The lowest BCUT2D eigenvalue weighted by Crippen LogP contribution is -2.33. The number of aryl methyl sites for hydroxylation is 1. The molecule has 0 bridgehead atoms. The number of hydrogen-bond acceptors (Lipinski definition) is 6. The molecule has 0 radical (unpaired) electrons. The van der Waals surface area contributed by atoms with Crippen molar-refractivity contribution in [3.8, 4) is 0 Å². The normalized spacial score (nSPS) is 30.3. The summed E-state index contributed by atoms with van der Waals surface area (Å²) in [6.45, 7) is 9.56. The molecule has 1 aromatic rings. The molecule has 4 atom stereocenters. The summed E-state index contributed by atoms with van der Waals surface area (Å²) >= 11 is 1.58. The molecule has 0 amide bonds. The number of aliphatic hydroxyl groups is 1. The van der Waals surface area contributed by atoms with Crippen LogP contribution >= 0.6 is 11.3 Å². The van der Waals surface area contributed by atoms with Gasteiger partial charge in [-0.3, -0.25) is 9.59 Å². The Morgan fingerprint density at radius 2 is 2.03 bits per heavy atom. The number of nitrogens with zero attached hydrogens (tertiary/aromatic N) is 1. The van der Waals surface area contributed by atoms with Crippen LogP contribution in [0.4, 0.5) is 0 Å². The molecule has 1 aliphatic heterocycles. The van der Waals surface area contributed by atoms with E-state index in [1.165, 1.54) is 5.57 Å². The average molecular weight is 420 g/mol. The molecule has 0 unspecified atom stereocenters. The fourth-order valence-corrected chi connectivity index (χ4v) is 4.10. The van der Waals surface area contributed by atoms with Crippen LogP contribution in [-0.2, 0) is 14.3 Å². The Kier molecular flexibility index (Phi) is 8.78. The molecule has 0 aromatic carbocycles. The first kappa shape index (κ1) is 23.5. The number of carbonyl (C=O) groups is 2. The monoisotopic (exact) mass is 419 g/mol. The molecular weight excluding hydrogens is 386 g/mol. The highest BCUT2D eigenvalue weighted by Crippen LogP contribution is 2.23. The van der Waals surface area contributed by atoms with E-state index in [9.17, 15) is 14.7 Å². The highest BCUT2D eigenvalue weighted by Gasteiger charge is 2.29. The summed E-state index contributed by atoms with van der Waals surface area (Å²) in [7, 11) is 0. The summed E-state index contributed by atoms with van der Waals surface area (Å²) in [4.78, 5) is 29.5. The Balaban J connectivity index is 2.23. The Morgan fingerprint density at radius 3 is 2.69 bits per heavy atom. The number of thiazole rings is 1. The lowest BCUT2D eigenvalue weighted by atomic mass is 9.86. The SMILES string of the molecule is C/C(=C/c1csc(C)n1)[C@@H]1C/C=C(\C)CCC[C@@H](C)C(=O)[C@H](C)[C@@H](O)CC(=O)O1. The summed E-state index contributed by atoms with van der Waals surface area (Å²) in [5.41, 5.74) is 2.99. The molecule has 1 aromatic heterocycles. The smallest absolute Gasteiger partial charge is 0.309 e. The summed E-state index contributed by atoms with van der Waals surface area (Å²) in [5.74, 6) is -1.17. The van der Waals surface area contributed by atoms with Gasteiger partial charge in [-0.25, -0.2) is 4.98 Å². The van der Waals surface area contributed by atoms with Gasteiger partial charge in [0.2, 0.25) is 0 Å². The molecule has 29 heavy (non-hydrogen) atoms. The molecule has 2 heterocycles. The first-order chi connectivity index (χ1) is 13.7. The number of aromatic nitrogens is 1. The van der Waals surface area contributed by atoms with Crippen molar-refractivity contribution in [3.63, 3.8) is 0 Å². The van der Waals surface area contributed by atoms with Crippen molar-refractivity contribution in [1.82, 2.24) is 4.98 Å². The van der Waals surface area contributed by atoms with Crippen LogP contribution in [0.1, 0.15) is 70.5 Å². The van der Waals surface area contributed by atoms with Gasteiger partial charge < -0.3 is 9.84 Å². The summed E-state index contributed by atoms with van der Waals surface area (Å²) in [5, 5.41) is 13.4. The first-order valence-corrected chi connectivity index (χ1v) is 11.2. The lowest BCUT2D eigenvalue weighted by molar-refractivity contribution is -0.150. The number of Topliss-reactive ketones (excluding diaryl/α,β-unsaturated/α-hetero) is 1. The van der Waals surface area contributed by atoms with E-state index >= 15 is 0 Å². The number of hydrogen-bond donors (Lipinski definition) is 1.